The number of hydrogen-bond acceptors (Lipinski definition) is 5. The van der Waals surface area contributed by atoms with Crippen LogP contribution in [0.2, 0.25) is 5.02 Å². The maximum absolute atomic E-state index is 12.1. The van der Waals surface area contributed by atoms with Crippen LogP contribution >= 0.6 is 11.6 Å². The lowest BCUT2D eigenvalue weighted by atomic mass is 10.2. The van der Waals surface area contributed by atoms with Crippen molar-refractivity contribution in [3.05, 3.63) is 58.6 Å². The number of amides is 3. The molecular weight excluding hydrogens is 434 g/mol. The van der Waals surface area contributed by atoms with Crippen molar-refractivity contribution in [3.63, 3.8) is 0 Å². The van der Waals surface area contributed by atoms with Gasteiger partial charge in [-0.15, -0.1) is 0 Å². The smallest absolute Gasteiger partial charge is 0.257 e. The van der Waals surface area contributed by atoms with Gasteiger partial charge < -0.3 is 14.8 Å². The van der Waals surface area contributed by atoms with Crippen molar-refractivity contribution in [1.29, 1.82) is 0 Å². The second kappa shape index (κ2) is 12.6. The first-order valence-corrected chi connectivity index (χ1v) is 10.6. The fourth-order valence-corrected chi connectivity index (χ4v) is 2.88. The zero-order valence-electron chi connectivity index (χ0n) is 18.4. The standard InChI is InChI=1S/C23H28ClN3O5/c1-15(2)32-19-9-6-17(7-10-19)23(30)25-14-22(29)27-26-21(28)5-4-12-31-20-11-8-18(24)13-16(20)3/h6-11,13,15H,4-5,12,14H2,1-3H3,(H,25,30)(H,26,28)(H,27,29). The molecule has 2 aromatic rings. The number of hydrogen-bond donors (Lipinski definition) is 3. The van der Waals surface area contributed by atoms with E-state index in [1.165, 1.54) is 0 Å². The van der Waals surface area contributed by atoms with Gasteiger partial charge in [0.2, 0.25) is 5.91 Å². The number of carbonyl (C=O) groups excluding carboxylic acids is 3. The molecule has 0 aromatic heterocycles. The van der Waals surface area contributed by atoms with E-state index < -0.39 is 11.8 Å². The first-order chi connectivity index (χ1) is 15.2. The lowest BCUT2D eigenvalue weighted by Crippen LogP contribution is -2.46. The molecule has 0 unspecified atom stereocenters. The van der Waals surface area contributed by atoms with Crippen molar-refractivity contribution in [1.82, 2.24) is 16.2 Å². The summed E-state index contributed by atoms with van der Waals surface area (Å²) >= 11 is 5.90. The Morgan fingerprint density at radius 1 is 1.00 bits per heavy atom. The zero-order chi connectivity index (χ0) is 23.5. The quantitative estimate of drug-likeness (QED) is 0.372. The molecule has 32 heavy (non-hydrogen) atoms. The van der Waals surface area contributed by atoms with E-state index in [1.807, 2.05) is 20.8 Å². The van der Waals surface area contributed by atoms with Crippen LogP contribution in [0.5, 0.6) is 11.5 Å². The molecule has 0 fully saturated rings. The number of hydrazine groups is 1. The molecule has 3 N–H and O–H groups in total. The minimum Gasteiger partial charge on any atom is -0.493 e. The van der Waals surface area contributed by atoms with Crippen molar-refractivity contribution >= 4 is 29.3 Å². The molecule has 8 nitrogen and oxygen atoms in total. The molecular formula is C23H28ClN3O5. The number of halogens is 1. The van der Waals surface area contributed by atoms with Gasteiger partial charge in [-0.2, -0.15) is 0 Å². The molecule has 0 aliphatic heterocycles. The van der Waals surface area contributed by atoms with Gasteiger partial charge in [-0.3, -0.25) is 25.2 Å². The van der Waals surface area contributed by atoms with Crippen LogP contribution in [0.15, 0.2) is 42.5 Å². The predicted molar refractivity (Wildman–Crippen MR) is 122 cm³/mol. The zero-order valence-corrected chi connectivity index (χ0v) is 19.1. The van der Waals surface area contributed by atoms with Crippen molar-refractivity contribution in [2.45, 2.75) is 39.7 Å². The lowest BCUT2D eigenvalue weighted by Gasteiger charge is -2.11. The fourth-order valence-electron chi connectivity index (χ4n) is 2.66. The summed E-state index contributed by atoms with van der Waals surface area (Å²) in [5.41, 5.74) is 5.89. The van der Waals surface area contributed by atoms with Crippen LogP contribution in [0.4, 0.5) is 0 Å². The largest absolute Gasteiger partial charge is 0.493 e. The monoisotopic (exact) mass is 461 g/mol. The average molecular weight is 462 g/mol. The fraction of sp³-hybridized carbons (Fsp3) is 0.348. The highest BCUT2D eigenvalue weighted by atomic mass is 35.5. The predicted octanol–water partition coefficient (Wildman–Crippen LogP) is 3.17. The van der Waals surface area contributed by atoms with E-state index in [1.54, 1.807) is 42.5 Å². The number of nitrogens with one attached hydrogen (secondary N) is 3. The van der Waals surface area contributed by atoms with Crippen LogP contribution in [0.25, 0.3) is 0 Å². The van der Waals surface area contributed by atoms with Crippen molar-refractivity contribution in [2.24, 2.45) is 0 Å². The molecule has 172 valence electrons. The van der Waals surface area contributed by atoms with Gasteiger partial charge in [-0.1, -0.05) is 11.6 Å². The number of rotatable bonds is 10. The summed E-state index contributed by atoms with van der Waals surface area (Å²) in [4.78, 5) is 35.8. The molecule has 0 radical (unpaired) electrons. The molecule has 0 atom stereocenters. The van der Waals surface area contributed by atoms with Crippen molar-refractivity contribution in [2.75, 3.05) is 13.2 Å². The third-order valence-electron chi connectivity index (χ3n) is 4.18. The van der Waals surface area contributed by atoms with Crippen LogP contribution in [0.1, 0.15) is 42.6 Å². The number of carbonyl (C=O) groups is 3. The van der Waals surface area contributed by atoms with Crippen LogP contribution in [-0.2, 0) is 9.59 Å². The Labute approximate surface area is 192 Å². The summed E-state index contributed by atoms with van der Waals surface area (Å²) in [5.74, 6) is 0.0604. The molecule has 2 rings (SSSR count). The van der Waals surface area contributed by atoms with E-state index in [0.29, 0.717) is 35.1 Å². The van der Waals surface area contributed by atoms with Gasteiger partial charge in [0.05, 0.1) is 19.3 Å². The molecule has 2 aromatic carbocycles. The minimum atomic E-state index is -0.542. The first kappa shape index (κ1) is 25.0. The maximum Gasteiger partial charge on any atom is 0.257 e. The Morgan fingerprint density at radius 3 is 2.34 bits per heavy atom. The summed E-state index contributed by atoms with van der Waals surface area (Å²) in [5, 5.41) is 3.12. The summed E-state index contributed by atoms with van der Waals surface area (Å²) in [7, 11) is 0. The Kier molecular flexibility index (Phi) is 9.81. The van der Waals surface area contributed by atoms with E-state index in [4.69, 9.17) is 21.1 Å². The van der Waals surface area contributed by atoms with Crippen molar-refractivity contribution < 1.29 is 23.9 Å². The van der Waals surface area contributed by atoms with Gasteiger partial charge in [-0.25, -0.2) is 0 Å². The van der Waals surface area contributed by atoms with Crippen LogP contribution in [0.3, 0.4) is 0 Å². The van der Waals surface area contributed by atoms with Gasteiger partial charge in [0.25, 0.3) is 11.8 Å². The van der Waals surface area contributed by atoms with Gasteiger partial charge in [-0.05, 0) is 75.2 Å². The Morgan fingerprint density at radius 2 is 1.69 bits per heavy atom. The molecule has 0 bridgehead atoms. The Hall–Kier alpha value is -3.26. The molecule has 0 aliphatic carbocycles. The third-order valence-corrected chi connectivity index (χ3v) is 4.42. The van der Waals surface area contributed by atoms with E-state index in [-0.39, 0.29) is 25.0 Å². The van der Waals surface area contributed by atoms with Gasteiger partial charge in [0, 0.05) is 17.0 Å². The first-order valence-electron chi connectivity index (χ1n) is 10.3. The van der Waals surface area contributed by atoms with Crippen LogP contribution < -0.4 is 25.6 Å². The summed E-state index contributed by atoms with van der Waals surface area (Å²) < 4.78 is 11.1. The topological polar surface area (TPSA) is 106 Å². The highest BCUT2D eigenvalue weighted by molar-refractivity contribution is 6.30. The highest BCUT2D eigenvalue weighted by Crippen LogP contribution is 2.21. The van der Waals surface area contributed by atoms with E-state index in [0.717, 1.165) is 5.56 Å². The Bertz CT molecular complexity index is 932. The van der Waals surface area contributed by atoms with Gasteiger partial charge in [0.15, 0.2) is 0 Å². The summed E-state index contributed by atoms with van der Waals surface area (Å²) in [6.45, 7) is 5.78. The van der Waals surface area contributed by atoms with Crippen LogP contribution in [-0.4, -0.2) is 37.0 Å². The number of ether oxygens (including phenoxy) is 2. The second-order valence-corrected chi connectivity index (χ2v) is 7.77. The molecule has 9 heteroatoms. The number of benzene rings is 2. The highest BCUT2D eigenvalue weighted by Gasteiger charge is 2.10. The Balaban J connectivity index is 1.61. The van der Waals surface area contributed by atoms with Gasteiger partial charge in [0.1, 0.15) is 11.5 Å². The van der Waals surface area contributed by atoms with E-state index in [9.17, 15) is 14.4 Å². The van der Waals surface area contributed by atoms with E-state index in [2.05, 4.69) is 16.2 Å². The molecule has 0 aliphatic rings. The maximum atomic E-state index is 12.1. The van der Waals surface area contributed by atoms with E-state index >= 15 is 0 Å². The molecule has 0 heterocycles. The molecule has 0 saturated heterocycles. The van der Waals surface area contributed by atoms with Crippen LogP contribution in [0, 0.1) is 6.92 Å². The van der Waals surface area contributed by atoms with Crippen molar-refractivity contribution in [3.8, 4) is 11.5 Å². The molecule has 0 spiro atoms. The SMILES string of the molecule is Cc1cc(Cl)ccc1OCCCC(=O)NNC(=O)CNC(=O)c1ccc(OC(C)C)cc1. The third kappa shape index (κ3) is 8.85. The molecule has 3 amide bonds. The number of aryl methyl sites for hydroxylation is 1. The molecule has 0 saturated carbocycles. The summed E-state index contributed by atoms with van der Waals surface area (Å²) in [6.07, 6.45) is 0.676. The lowest BCUT2D eigenvalue weighted by molar-refractivity contribution is -0.128. The van der Waals surface area contributed by atoms with Gasteiger partial charge >= 0.3 is 0 Å². The second-order valence-electron chi connectivity index (χ2n) is 7.33. The average Bonchev–Trinajstić information content (AvgIpc) is 2.75. The minimum absolute atomic E-state index is 0.0359. The normalized spacial score (nSPS) is 10.4. The summed E-state index contributed by atoms with van der Waals surface area (Å²) in [6, 6.07) is 11.9.